The van der Waals surface area contributed by atoms with Crippen LogP contribution in [0.3, 0.4) is 0 Å². The third kappa shape index (κ3) is 3.47. The number of thiazole rings is 1. The molecule has 24 heavy (non-hydrogen) atoms. The van der Waals surface area contributed by atoms with E-state index >= 15 is 0 Å². The second-order valence-corrected chi connectivity index (χ2v) is 5.85. The van der Waals surface area contributed by atoms with E-state index in [1.807, 2.05) is 35.7 Å². The lowest BCUT2D eigenvalue weighted by Crippen LogP contribution is -2.29. The van der Waals surface area contributed by atoms with Crippen molar-refractivity contribution in [3.63, 3.8) is 0 Å². The van der Waals surface area contributed by atoms with Gasteiger partial charge in [-0.25, -0.2) is 14.8 Å². The van der Waals surface area contributed by atoms with Gasteiger partial charge in [-0.15, -0.1) is 11.3 Å². The van der Waals surface area contributed by atoms with Gasteiger partial charge in [0.1, 0.15) is 16.7 Å². The molecule has 2 heterocycles. The van der Waals surface area contributed by atoms with E-state index in [9.17, 15) is 9.59 Å². The molecular formula is C17H13N3O3S. The Labute approximate surface area is 141 Å². The second-order valence-electron chi connectivity index (χ2n) is 4.92. The van der Waals surface area contributed by atoms with Gasteiger partial charge in [-0.2, -0.15) is 0 Å². The number of rotatable bonds is 5. The van der Waals surface area contributed by atoms with Crippen LogP contribution in [0.25, 0.3) is 0 Å². The van der Waals surface area contributed by atoms with E-state index in [1.165, 1.54) is 29.7 Å². The minimum Gasteiger partial charge on any atom is -0.477 e. The fourth-order valence-corrected chi connectivity index (χ4v) is 2.89. The molecule has 3 aromatic rings. The predicted molar refractivity (Wildman–Crippen MR) is 89.1 cm³/mol. The van der Waals surface area contributed by atoms with Crippen LogP contribution in [0.15, 0.2) is 60.2 Å². The average molecular weight is 339 g/mol. The molecule has 0 bridgehead atoms. The van der Waals surface area contributed by atoms with Gasteiger partial charge in [0.2, 0.25) is 0 Å². The smallest absolute Gasteiger partial charge is 0.354 e. The molecule has 0 radical (unpaired) electrons. The molecule has 0 saturated carbocycles. The van der Waals surface area contributed by atoms with Crippen molar-refractivity contribution in [1.82, 2.24) is 15.3 Å². The van der Waals surface area contributed by atoms with E-state index in [-0.39, 0.29) is 23.2 Å². The zero-order chi connectivity index (χ0) is 16.9. The molecule has 0 saturated heterocycles. The lowest BCUT2D eigenvalue weighted by Gasteiger charge is -2.17. The molecule has 0 spiro atoms. The van der Waals surface area contributed by atoms with E-state index in [1.54, 1.807) is 6.20 Å². The van der Waals surface area contributed by atoms with E-state index < -0.39 is 5.97 Å². The molecule has 3 rings (SSSR count). The average Bonchev–Trinajstić information content (AvgIpc) is 3.14. The zero-order valence-corrected chi connectivity index (χ0v) is 13.2. The molecule has 2 aromatic heterocycles. The van der Waals surface area contributed by atoms with Crippen LogP contribution in [0.4, 0.5) is 0 Å². The van der Waals surface area contributed by atoms with Gasteiger partial charge >= 0.3 is 5.97 Å². The third-order valence-electron chi connectivity index (χ3n) is 3.35. The number of nitrogens with one attached hydrogen (secondary N) is 1. The Hall–Kier alpha value is -3.06. The number of aromatic carboxylic acids is 1. The summed E-state index contributed by atoms with van der Waals surface area (Å²) in [6, 6.07) is 11.9. The Balaban J connectivity index is 1.85. The van der Waals surface area contributed by atoms with Crippen LogP contribution in [0.2, 0.25) is 0 Å². The number of amides is 1. The Morgan fingerprint density at radius 3 is 2.46 bits per heavy atom. The second kappa shape index (κ2) is 7.01. The van der Waals surface area contributed by atoms with E-state index in [0.29, 0.717) is 0 Å². The number of benzene rings is 1. The van der Waals surface area contributed by atoms with E-state index in [4.69, 9.17) is 5.11 Å². The summed E-state index contributed by atoms with van der Waals surface area (Å²) in [6.45, 7) is 0. The first kappa shape index (κ1) is 15.8. The number of aromatic nitrogens is 2. The summed E-state index contributed by atoms with van der Waals surface area (Å²) in [5, 5.41) is 14.4. The molecule has 7 heteroatoms. The lowest BCUT2D eigenvalue weighted by molar-refractivity contribution is 0.0689. The molecule has 1 aromatic carbocycles. The Bertz CT molecular complexity index is 833. The molecule has 6 nitrogen and oxygen atoms in total. The van der Waals surface area contributed by atoms with Crippen LogP contribution in [0, 0.1) is 0 Å². The highest BCUT2D eigenvalue weighted by atomic mass is 32.1. The Morgan fingerprint density at radius 2 is 1.88 bits per heavy atom. The molecular weight excluding hydrogens is 326 g/mol. The van der Waals surface area contributed by atoms with Crippen molar-refractivity contribution in [2.45, 2.75) is 6.04 Å². The standard InChI is InChI=1S/C17H13N3O3S/c21-15(12-6-7-13(17(22)23)19-10-12)20-14(16-18-8-9-24-16)11-4-2-1-3-5-11/h1-10,14H,(H,20,21)(H,22,23). The van der Waals surface area contributed by atoms with Crippen LogP contribution in [-0.2, 0) is 0 Å². The van der Waals surface area contributed by atoms with Crippen molar-refractivity contribution < 1.29 is 14.7 Å². The maximum absolute atomic E-state index is 12.5. The van der Waals surface area contributed by atoms with E-state index in [2.05, 4.69) is 15.3 Å². The molecule has 0 aliphatic rings. The van der Waals surface area contributed by atoms with Crippen molar-refractivity contribution in [3.8, 4) is 0 Å². The first-order chi connectivity index (χ1) is 11.6. The number of carbonyl (C=O) groups excluding carboxylic acids is 1. The normalized spacial score (nSPS) is 11.7. The number of carboxylic acids is 1. The number of hydrogen-bond donors (Lipinski definition) is 2. The number of carbonyl (C=O) groups is 2. The van der Waals surface area contributed by atoms with Gasteiger partial charge in [-0.1, -0.05) is 30.3 Å². The monoisotopic (exact) mass is 339 g/mol. The van der Waals surface area contributed by atoms with Crippen LogP contribution < -0.4 is 5.32 Å². The number of hydrogen-bond acceptors (Lipinski definition) is 5. The molecule has 0 aliphatic carbocycles. The van der Waals surface area contributed by atoms with Crippen molar-refractivity contribution in [1.29, 1.82) is 0 Å². The number of carboxylic acid groups (broad SMARTS) is 1. The van der Waals surface area contributed by atoms with Crippen LogP contribution in [-0.4, -0.2) is 27.0 Å². The first-order valence-electron chi connectivity index (χ1n) is 7.09. The summed E-state index contributed by atoms with van der Waals surface area (Å²) < 4.78 is 0. The Morgan fingerprint density at radius 1 is 1.08 bits per heavy atom. The maximum atomic E-state index is 12.5. The highest BCUT2D eigenvalue weighted by Crippen LogP contribution is 2.24. The number of nitrogens with zero attached hydrogens (tertiary/aromatic N) is 2. The van der Waals surface area contributed by atoms with Gasteiger partial charge in [-0.05, 0) is 17.7 Å². The quantitative estimate of drug-likeness (QED) is 0.746. The highest BCUT2D eigenvalue weighted by Gasteiger charge is 2.20. The summed E-state index contributed by atoms with van der Waals surface area (Å²) in [5.41, 5.74) is 1.10. The van der Waals surface area contributed by atoms with Crippen molar-refractivity contribution in [3.05, 3.63) is 82.1 Å². The third-order valence-corrected chi connectivity index (χ3v) is 4.19. The van der Waals surface area contributed by atoms with Crippen LogP contribution >= 0.6 is 11.3 Å². The van der Waals surface area contributed by atoms with Crippen LogP contribution in [0.1, 0.15) is 37.5 Å². The van der Waals surface area contributed by atoms with E-state index in [0.717, 1.165) is 10.6 Å². The van der Waals surface area contributed by atoms with Crippen molar-refractivity contribution in [2.24, 2.45) is 0 Å². The molecule has 0 aliphatic heterocycles. The topological polar surface area (TPSA) is 92.2 Å². The SMILES string of the molecule is O=C(NC(c1ccccc1)c1nccs1)c1ccc(C(=O)O)nc1. The van der Waals surface area contributed by atoms with Crippen molar-refractivity contribution >= 4 is 23.2 Å². The van der Waals surface area contributed by atoms with Gasteiger partial charge in [0.25, 0.3) is 5.91 Å². The summed E-state index contributed by atoms with van der Waals surface area (Å²) >= 11 is 1.45. The summed E-state index contributed by atoms with van der Waals surface area (Å²) in [6.07, 6.45) is 2.94. The summed E-state index contributed by atoms with van der Waals surface area (Å²) in [5.74, 6) is -1.48. The fourth-order valence-electron chi connectivity index (χ4n) is 2.18. The first-order valence-corrected chi connectivity index (χ1v) is 7.97. The molecule has 1 amide bonds. The number of pyridine rings is 1. The predicted octanol–water partition coefficient (Wildman–Crippen LogP) is 2.76. The Kier molecular flexibility index (Phi) is 4.62. The zero-order valence-electron chi connectivity index (χ0n) is 12.4. The van der Waals surface area contributed by atoms with Gasteiger partial charge in [0.15, 0.2) is 0 Å². The van der Waals surface area contributed by atoms with Crippen LogP contribution in [0.5, 0.6) is 0 Å². The fraction of sp³-hybridized carbons (Fsp3) is 0.0588. The molecule has 2 N–H and O–H groups in total. The molecule has 1 unspecified atom stereocenters. The minimum absolute atomic E-state index is 0.105. The molecule has 0 fully saturated rings. The maximum Gasteiger partial charge on any atom is 0.354 e. The summed E-state index contributed by atoms with van der Waals surface area (Å²) in [4.78, 5) is 31.4. The minimum atomic E-state index is -1.13. The van der Waals surface area contributed by atoms with Gasteiger partial charge < -0.3 is 10.4 Å². The van der Waals surface area contributed by atoms with Gasteiger partial charge in [0.05, 0.1) is 5.56 Å². The largest absolute Gasteiger partial charge is 0.477 e. The lowest BCUT2D eigenvalue weighted by atomic mass is 10.1. The highest BCUT2D eigenvalue weighted by molar-refractivity contribution is 7.09. The van der Waals surface area contributed by atoms with Gasteiger partial charge in [0, 0.05) is 17.8 Å². The molecule has 1 atom stereocenters. The summed E-state index contributed by atoms with van der Waals surface area (Å²) in [7, 11) is 0. The van der Waals surface area contributed by atoms with Crippen molar-refractivity contribution in [2.75, 3.05) is 0 Å². The molecule has 120 valence electrons. The van der Waals surface area contributed by atoms with Gasteiger partial charge in [-0.3, -0.25) is 4.79 Å².